The Kier molecular flexibility index (Phi) is 5.33. The fourth-order valence-corrected chi connectivity index (χ4v) is 5.27. The first-order valence-electron chi connectivity index (χ1n) is 11.2. The van der Waals surface area contributed by atoms with Gasteiger partial charge in [-0.1, -0.05) is 0 Å². The number of pyridine rings is 1. The number of ether oxygens (including phenoxy) is 2. The smallest absolute Gasteiger partial charge is 0.255 e. The molecule has 2 amide bonds. The van der Waals surface area contributed by atoms with E-state index in [4.69, 9.17) is 9.47 Å². The summed E-state index contributed by atoms with van der Waals surface area (Å²) in [5.41, 5.74) is 3.85. The van der Waals surface area contributed by atoms with Gasteiger partial charge in [0.25, 0.3) is 5.91 Å². The number of hydrogen-bond donors (Lipinski definition) is 2. The zero-order chi connectivity index (χ0) is 23.9. The number of fused-ring (bicyclic) bond motifs is 4. The van der Waals surface area contributed by atoms with Gasteiger partial charge in [-0.3, -0.25) is 14.6 Å². The lowest BCUT2D eigenvalue weighted by atomic mass is 9.98. The molecule has 0 saturated heterocycles. The minimum atomic E-state index is -0.232. The summed E-state index contributed by atoms with van der Waals surface area (Å²) >= 11 is 1.47. The molecule has 35 heavy (non-hydrogen) atoms. The van der Waals surface area contributed by atoms with Crippen LogP contribution < -0.4 is 20.1 Å². The van der Waals surface area contributed by atoms with Gasteiger partial charge in [0.05, 0.1) is 42.0 Å². The molecule has 2 aliphatic rings. The molecule has 9 heteroatoms. The molecule has 1 atom stereocenters. The molecule has 4 aromatic rings. The Labute approximate surface area is 205 Å². The molecule has 2 aromatic carbocycles. The van der Waals surface area contributed by atoms with Gasteiger partial charge in [0, 0.05) is 40.2 Å². The van der Waals surface area contributed by atoms with Crippen LogP contribution in [0.1, 0.15) is 22.0 Å². The number of thioether (sulfide) groups is 1. The van der Waals surface area contributed by atoms with E-state index in [9.17, 15) is 9.59 Å². The number of hydrogen-bond acceptors (Lipinski definition) is 6. The number of carbonyl (C=O) groups excluding carboxylic acids is 2. The zero-order valence-electron chi connectivity index (χ0n) is 18.9. The molecule has 0 bridgehead atoms. The van der Waals surface area contributed by atoms with Crippen molar-refractivity contribution in [3.63, 3.8) is 0 Å². The molecule has 2 N–H and O–H groups in total. The maximum absolute atomic E-state index is 12.9. The number of methoxy groups -OCH3 is 1. The second-order valence-corrected chi connectivity index (χ2v) is 9.52. The highest BCUT2D eigenvalue weighted by atomic mass is 32.2. The van der Waals surface area contributed by atoms with Crippen molar-refractivity contribution < 1.29 is 19.1 Å². The summed E-state index contributed by atoms with van der Waals surface area (Å²) in [6.45, 7) is 0.508. The van der Waals surface area contributed by atoms with E-state index in [0.717, 1.165) is 39.3 Å². The van der Waals surface area contributed by atoms with E-state index < -0.39 is 0 Å². The van der Waals surface area contributed by atoms with Crippen LogP contribution in [0.15, 0.2) is 66.0 Å². The first-order valence-corrected chi connectivity index (χ1v) is 12.2. The third kappa shape index (κ3) is 4.08. The summed E-state index contributed by atoms with van der Waals surface area (Å²) < 4.78 is 13.5. The first kappa shape index (κ1) is 21.5. The molecular weight excluding hydrogens is 464 g/mol. The highest BCUT2D eigenvalue weighted by molar-refractivity contribution is 8.00. The topological polar surface area (TPSA) is 94.5 Å². The van der Waals surface area contributed by atoms with E-state index >= 15 is 0 Å². The molecular formula is C26H22N4O4S. The van der Waals surface area contributed by atoms with Crippen LogP contribution in [0.5, 0.6) is 11.5 Å². The summed E-state index contributed by atoms with van der Waals surface area (Å²) in [6.07, 6.45) is 6.41. The molecule has 0 spiro atoms. The number of nitrogens with one attached hydrogen (secondary N) is 2. The maximum atomic E-state index is 12.9. The number of benzene rings is 2. The standard InChI is InChI=1S/C26H22N4O4S/c1-33-18-3-4-21-19(10-18)20-9-17(13-34-23(20)11-27-21)30-7-6-16(12-30)28-26(32)15-2-5-24-22(8-15)29-25(31)14-35-24/h2-8,10-12,17H,9,13-14H2,1H3,(H,28,32)(H,29,31). The summed E-state index contributed by atoms with van der Waals surface area (Å²) in [6, 6.07) is 13.1. The van der Waals surface area contributed by atoms with Gasteiger partial charge in [0.2, 0.25) is 5.91 Å². The zero-order valence-corrected chi connectivity index (χ0v) is 19.7. The molecule has 0 radical (unpaired) electrons. The van der Waals surface area contributed by atoms with E-state index in [1.807, 2.05) is 42.7 Å². The van der Waals surface area contributed by atoms with Crippen LogP contribution in [-0.4, -0.2) is 40.8 Å². The molecule has 0 saturated carbocycles. The summed E-state index contributed by atoms with van der Waals surface area (Å²) in [5.74, 6) is 1.67. The second kappa shape index (κ2) is 8.66. The minimum absolute atomic E-state index is 0.0598. The van der Waals surface area contributed by atoms with Crippen LogP contribution in [0, 0.1) is 0 Å². The Hall–Kier alpha value is -3.98. The Morgan fingerprint density at radius 1 is 1.26 bits per heavy atom. The normalized spacial score (nSPS) is 16.6. The van der Waals surface area contributed by atoms with E-state index in [2.05, 4.69) is 20.2 Å². The average molecular weight is 487 g/mol. The molecule has 6 rings (SSSR count). The van der Waals surface area contributed by atoms with Crippen molar-refractivity contribution in [2.45, 2.75) is 17.4 Å². The van der Waals surface area contributed by atoms with E-state index in [1.165, 1.54) is 11.8 Å². The van der Waals surface area contributed by atoms with Crippen LogP contribution in [0.25, 0.3) is 10.9 Å². The second-order valence-electron chi connectivity index (χ2n) is 8.50. The van der Waals surface area contributed by atoms with Crippen LogP contribution in [0.3, 0.4) is 0 Å². The summed E-state index contributed by atoms with van der Waals surface area (Å²) in [7, 11) is 1.65. The lowest BCUT2D eigenvalue weighted by Gasteiger charge is -2.27. The first-order chi connectivity index (χ1) is 17.1. The van der Waals surface area contributed by atoms with Gasteiger partial charge in [-0.2, -0.15) is 0 Å². The van der Waals surface area contributed by atoms with Crippen LogP contribution in [-0.2, 0) is 11.2 Å². The van der Waals surface area contributed by atoms with Gasteiger partial charge in [0.15, 0.2) is 0 Å². The lowest BCUT2D eigenvalue weighted by molar-refractivity contribution is -0.113. The monoisotopic (exact) mass is 486 g/mol. The summed E-state index contributed by atoms with van der Waals surface area (Å²) in [4.78, 5) is 30.0. The van der Waals surface area contributed by atoms with E-state index in [0.29, 0.717) is 29.3 Å². The lowest BCUT2D eigenvalue weighted by Crippen LogP contribution is -2.24. The Balaban J connectivity index is 1.20. The van der Waals surface area contributed by atoms with Gasteiger partial charge in [0.1, 0.15) is 18.1 Å². The number of anilines is 2. The molecule has 0 fully saturated rings. The van der Waals surface area contributed by atoms with Gasteiger partial charge in [-0.05, 0) is 42.5 Å². The van der Waals surface area contributed by atoms with Gasteiger partial charge in [-0.15, -0.1) is 11.8 Å². The largest absolute Gasteiger partial charge is 0.497 e. The van der Waals surface area contributed by atoms with Crippen molar-refractivity contribution in [2.75, 3.05) is 30.1 Å². The maximum Gasteiger partial charge on any atom is 0.255 e. The van der Waals surface area contributed by atoms with E-state index in [1.54, 1.807) is 25.4 Å². The van der Waals surface area contributed by atoms with Crippen molar-refractivity contribution in [2.24, 2.45) is 0 Å². The summed E-state index contributed by atoms with van der Waals surface area (Å²) in [5, 5.41) is 6.80. The van der Waals surface area contributed by atoms with Crippen molar-refractivity contribution in [1.29, 1.82) is 0 Å². The third-order valence-electron chi connectivity index (χ3n) is 6.29. The average Bonchev–Trinajstić information content (AvgIpc) is 3.35. The van der Waals surface area contributed by atoms with Crippen molar-refractivity contribution in [1.82, 2.24) is 9.55 Å². The fraction of sp³-hybridized carbons (Fsp3) is 0.192. The molecule has 2 aromatic heterocycles. The van der Waals surface area contributed by atoms with Crippen molar-refractivity contribution in [3.8, 4) is 11.5 Å². The molecule has 8 nitrogen and oxygen atoms in total. The predicted molar refractivity (Wildman–Crippen MR) is 135 cm³/mol. The minimum Gasteiger partial charge on any atom is -0.497 e. The van der Waals surface area contributed by atoms with Crippen LogP contribution in [0.2, 0.25) is 0 Å². The predicted octanol–water partition coefficient (Wildman–Crippen LogP) is 4.52. The molecule has 4 heterocycles. The Morgan fingerprint density at radius 3 is 3.06 bits per heavy atom. The van der Waals surface area contributed by atoms with Crippen LogP contribution >= 0.6 is 11.8 Å². The van der Waals surface area contributed by atoms with Gasteiger partial charge >= 0.3 is 0 Å². The third-order valence-corrected chi connectivity index (χ3v) is 7.36. The number of amides is 2. The molecule has 0 aliphatic carbocycles. The van der Waals surface area contributed by atoms with Gasteiger partial charge in [-0.25, -0.2) is 0 Å². The van der Waals surface area contributed by atoms with Crippen molar-refractivity contribution >= 4 is 45.9 Å². The number of rotatable bonds is 4. The highest BCUT2D eigenvalue weighted by Gasteiger charge is 2.24. The number of nitrogens with zero attached hydrogens (tertiary/aromatic N) is 2. The Morgan fingerprint density at radius 2 is 2.17 bits per heavy atom. The fourth-order valence-electron chi connectivity index (χ4n) is 4.48. The SMILES string of the molecule is COc1ccc2ncc3c(c2c1)CC(n1ccc(NC(=O)c2ccc4c(c2)NC(=O)CS4)c1)CO3. The van der Waals surface area contributed by atoms with E-state index in [-0.39, 0.29) is 17.9 Å². The van der Waals surface area contributed by atoms with Crippen molar-refractivity contribution in [3.05, 3.63) is 72.2 Å². The quantitative estimate of drug-likeness (QED) is 0.441. The number of aromatic nitrogens is 2. The highest BCUT2D eigenvalue weighted by Crippen LogP contribution is 2.36. The number of carbonyl (C=O) groups is 2. The molecule has 2 aliphatic heterocycles. The van der Waals surface area contributed by atoms with Gasteiger partial charge < -0.3 is 24.7 Å². The van der Waals surface area contributed by atoms with Crippen LogP contribution in [0.4, 0.5) is 11.4 Å². The molecule has 1 unspecified atom stereocenters. The molecule has 176 valence electrons. The Bertz CT molecular complexity index is 1480.